The summed E-state index contributed by atoms with van der Waals surface area (Å²) in [7, 11) is 3.18. The molecule has 0 saturated heterocycles. The molecule has 2 aromatic heterocycles. The van der Waals surface area contributed by atoms with Crippen LogP contribution in [0.5, 0.6) is 11.5 Å². The molecule has 1 aromatic carbocycles. The van der Waals surface area contributed by atoms with Crippen molar-refractivity contribution in [3.8, 4) is 22.6 Å². The molecule has 28 heavy (non-hydrogen) atoms. The largest absolute Gasteiger partial charge is 0.493 e. The minimum Gasteiger partial charge on any atom is -0.493 e. The number of aliphatic hydroxyl groups is 1. The summed E-state index contributed by atoms with van der Waals surface area (Å²) in [4.78, 5) is 4.57. The summed E-state index contributed by atoms with van der Waals surface area (Å²) in [5.41, 5.74) is 2.02. The first-order chi connectivity index (χ1) is 13.2. The second-order valence-corrected chi connectivity index (χ2v) is 7.46. The van der Waals surface area contributed by atoms with Gasteiger partial charge in [-0.1, -0.05) is 0 Å². The van der Waals surface area contributed by atoms with Crippen LogP contribution in [0.1, 0.15) is 33.3 Å². The Morgan fingerprint density at radius 2 is 1.71 bits per heavy atom. The van der Waals surface area contributed by atoms with E-state index in [0.717, 1.165) is 16.5 Å². The molecule has 0 saturated carbocycles. The maximum atomic E-state index is 10.7. The minimum absolute atomic E-state index is 0.194. The predicted molar refractivity (Wildman–Crippen MR) is 110 cm³/mol. The summed E-state index contributed by atoms with van der Waals surface area (Å²) in [6, 6.07) is 5.80. The lowest BCUT2D eigenvalue weighted by Gasteiger charge is -2.23. The number of methoxy groups -OCH3 is 2. The minimum atomic E-state index is -1.06. The van der Waals surface area contributed by atoms with Crippen molar-refractivity contribution in [2.75, 3.05) is 19.5 Å². The highest BCUT2D eigenvalue weighted by atomic mass is 16.5. The van der Waals surface area contributed by atoms with Crippen LogP contribution in [0.2, 0.25) is 0 Å². The van der Waals surface area contributed by atoms with E-state index in [1.807, 2.05) is 26.0 Å². The highest BCUT2D eigenvalue weighted by molar-refractivity contribution is 5.95. The van der Waals surface area contributed by atoms with E-state index >= 15 is 0 Å². The van der Waals surface area contributed by atoms with Gasteiger partial charge in [-0.25, -0.2) is 4.98 Å². The fourth-order valence-corrected chi connectivity index (χ4v) is 3.08. The molecule has 7 nitrogen and oxygen atoms in total. The van der Waals surface area contributed by atoms with E-state index in [2.05, 4.69) is 20.5 Å². The number of ether oxygens (including phenoxy) is 2. The number of aromatic nitrogens is 3. The highest BCUT2D eigenvalue weighted by Crippen LogP contribution is 2.37. The van der Waals surface area contributed by atoms with Gasteiger partial charge in [-0.3, -0.25) is 0 Å². The fraction of sp³-hybridized carbons (Fsp3) is 0.381. The molecule has 0 spiro atoms. The average molecular weight is 382 g/mol. The van der Waals surface area contributed by atoms with Crippen molar-refractivity contribution in [3.63, 3.8) is 0 Å². The van der Waals surface area contributed by atoms with Crippen molar-refractivity contribution in [1.82, 2.24) is 15.2 Å². The van der Waals surface area contributed by atoms with Gasteiger partial charge in [0.2, 0.25) is 0 Å². The van der Waals surface area contributed by atoms with Gasteiger partial charge in [0.05, 0.1) is 31.5 Å². The van der Waals surface area contributed by atoms with Crippen LogP contribution in [0.4, 0.5) is 5.82 Å². The third kappa shape index (κ3) is 3.84. The molecule has 0 aliphatic carbocycles. The quantitative estimate of drug-likeness (QED) is 0.671. The average Bonchev–Trinajstić information content (AvgIpc) is 2.65. The number of anilines is 1. The number of benzene rings is 1. The Hall–Kier alpha value is -2.93. The third-order valence-corrected chi connectivity index (χ3v) is 4.43. The SMILES string of the molecule is COc1cc2nncc(-c3cnc(NC(C)C)c(C(C)(C)O)c3)c2cc1OC. The van der Waals surface area contributed by atoms with Gasteiger partial charge in [-0.05, 0) is 39.8 Å². The lowest BCUT2D eigenvalue weighted by Crippen LogP contribution is -2.21. The molecule has 0 amide bonds. The maximum Gasteiger partial charge on any atom is 0.162 e. The molecule has 0 radical (unpaired) electrons. The molecule has 3 aromatic rings. The number of pyridine rings is 1. The van der Waals surface area contributed by atoms with Crippen molar-refractivity contribution in [2.45, 2.75) is 39.3 Å². The maximum absolute atomic E-state index is 10.7. The Bertz CT molecular complexity index is 997. The molecular formula is C21H26N4O3. The molecule has 7 heteroatoms. The van der Waals surface area contributed by atoms with Crippen LogP contribution in [0.25, 0.3) is 22.0 Å². The predicted octanol–water partition coefficient (Wildman–Crippen LogP) is 3.76. The Labute approximate surface area is 164 Å². The van der Waals surface area contributed by atoms with Gasteiger partial charge >= 0.3 is 0 Å². The van der Waals surface area contributed by atoms with Gasteiger partial charge in [0, 0.05) is 40.4 Å². The zero-order chi connectivity index (χ0) is 20.5. The molecule has 0 fully saturated rings. The molecular weight excluding hydrogens is 356 g/mol. The van der Waals surface area contributed by atoms with E-state index in [1.165, 1.54) is 0 Å². The van der Waals surface area contributed by atoms with E-state index in [0.29, 0.717) is 28.4 Å². The molecule has 0 aliphatic rings. The Morgan fingerprint density at radius 3 is 2.32 bits per heavy atom. The lowest BCUT2D eigenvalue weighted by molar-refractivity contribution is 0.0790. The van der Waals surface area contributed by atoms with Gasteiger partial charge in [0.25, 0.3) is 0 Å². The van der Waals surface area contributed by atoms with Crippen molar-refractivity contribution in [2.24, 2.45) is 0 Å². The molecule has 0 bridgehead atoms. The molecule has 2 heterocycles. The van der Waals surface area contributed by atoms with Crippen LogP contribution >= 0.6 is 0 Å². The number of nitrogens with zero attached hydrogens (tertiary/aromatic N) is 3. The first-order valence-electron chi connectivity index (χ1n) is 9.11. The fourth-order valence-electron chi connectivity index (χ4n) is 3.08. The van der Waals surface area contributed by atoms with E-state index < -0.39 is 5.60 Å². The molecule has 0 aliphatic heterocycles. The first-order valence-corrected chi connectivity index (χ1v) is 9.11. The van der Waals surface area contributed by atoms with Crippen molar-refractivity contribution < 1.29 is 14.6 Å². The number of hydrogen-bond acceptors (Lipinski definition) is 7. The zero-order valence-electron chi connectivity index (χ0n) is 17.1. The van der Waals surface area contributed by atoms with Gasteiger partial charge in [-0.2, -0.15) is 10.2 Å². The van der Waals surface area contributed by atoms with Crippen molar-refractivity contribution in [3.05, 3.63) is 36.2 Å². The first kappa shape index (κ1) is 19.8. The lowest BCUT2D eigenvalue weighted by atomic mass is 9.94. The van der Waals surface area contributed by atoms with Crippen molar-refractivity contribution >= 4 is 16.7 Å². The summed E-state index contributed by atoms with van der Waals surface area (Å²) in [5, 5.41) is 23.2. The summed E-state index contributed by atoms with van der Waals surface area (Å²) >= 11 is 0. The zero-order valence-corrected chi connectivity index (χ0v) is 17.1. The van der Waals surface area contributed by atoms with E-state index in [4.69, 9.17) is 9.47 Å². The topological polar surface area (TPSA) is 89.4 Å². The molecule has 0 atom stereocenters. The van der Waals surface area contributed by atoms with Gasteiger partial charge in [0.1, 0.15) is 5.82 Å². The van der Waals surface area contributed by atoms with E-state index in [9.17, 15) is 5.11 Å². The van der Waals surface area contributed by atoms with Gasteiger partial charge in [0.15, 0.2) is 11.5 Å². The molecule has 148 valence electrons. The molecule has 2 N–H and O–H groups in total. The van der Waals surface area contributed by atoms with Gasteiger partial charge in [-0.15, -0.1) is 0 Å². The smallest absolute Gasteiger partial charge is 0.162 e. The number of nitrogens with one attached hydrogen (secondary N) is 1. The van der Waals surface area contributed by atoms with Crippen LogP contribution < -0.4 is 14.8 Å². The van der Waals surface area contributed by atoms with Gasteiger partial charge < -0.3 is 19.9 Å². The van der Waals surface area contributed by atoms with Crippen LogP contribution in [0.15, 0.2) is 30.6 Å². The number of fused-ring (bicyclic) bond motifs is 1. The summed E-state index contributed by atoms with van der Waals surface area (Å²) in [6.45, 7) is 7.56. The summed E-state index contributed by atoms with van der Waals surface area (Å²) < 4.78 is 10.8. The Morgan fingerprint density at radius 1 is 1.04 bits per heavy atom. The molecule has 3 rings (SSSR count). The van der Waals surface area contributed by atoms with Crippen molar-refractivity contribution in [1.29, 1.82) is 0 Å². The van der Waals surface area contributed by atoms with Crippen LogP contribution in [-0.2, 0) is 5.60 Å². The van der Waals surface area contributed by atoms with Crippen LogP contribution in [0, 0.1) is 0 Å². The van der Waals surface area contributed by atoms with Crippen LogP contribution in [-0.4, -0.2) is 40.5 Å². The monoisotopic (exact) mass is 382 g/mol. The normalized spacial score (nSPS) is 11.7. The Balaban J connectivity index is 2.22. The number of rotatable bonds is 6. The summed E-state index contributed by atoms with van der Waals surface area (Å²) in [5.74, 6) is 1.86. The molecule has 0 unspecified atom stereocenters. The van der Waals surface area contributed by atoms with E-state index in [-0.39, 0.29) is 6.04 Å². The Kier molecular flexibility index (Phi) is 5.38. The summed E-state index contributed by atoms with van der Waals surface area (Å²) in [6.07, 6.45) is 3.46. The van der Waals surface area contributed by atoms with Crippen LogP contribution in [0.3, 0.4) is 0 Å². The second-order valence-electron chi connectivity index (χ2n) is 7.46. The standard InChI is InChI=1S/C21H26N4O3/c1-12(2)24-20-16(21(3,4)26)7-13(10-22-20)15-11-23-25-17-9-19(28-6)18(27-5)8-14(15)17/h7-12,26H,1-6H3,(H,22,24). The van der Waals surface area contributed by atoms with E-state index in [1.54, 1.807) is 46.5 Å². The highest BCUT2D eigenvalue weighted by Gasteiger charge is 2.23. The third-order valence-electron chi connectivity index (χ3n) is 4.43. The number of hydrogen-bond donors (Lipinski definition) is 2. The second kappa shape index (κ2) is 7.59.